The van der Waals surface area contributed by atoms with Gasteiger partial charge in [0.2, 0.25) is 0 Å². The first kappa shape index (κ1) is 24.5. The number of nitrogen functional groups attached to an aromatic ring is 1. The van der Waals surface area contributed by atoms with E-state index in [1.54, 1.807) is 25.4 Å². The third-order valence-electron chi connectivity index (χ3n) is 4.63. The van der Waals surface area contributed by atoms with Crippen molar-refractivity contribution in [2.45, 2.75) is 45.9 Å². The zero-order valence-electron chi connectivity index (χ0n) is 18.6. The Morgan fingerprint density at radius 2 is 2.12 bits per heavy atom. The highest BCUT2D eigenvalue weighted by Gasteiger charge is 2.14. The van der Waals surface area contributed by atoms with Crippen LogP contribution in [0.5, 0.6) is 5.75 Å². The maximum absolute atomic E-state index is 12.2. The molecule has 0 aliphatic rings. The number of fused-ring (bicyclic) bond motifs is 1. The predicted molar refractivity (Wildman–Crippen MR) is 121 cm³/mol. The van der Waals surface area contributed by atoms with Crippen molar-refractivity contribution in [3.05, 3.63) is 42.5 Å². The lowest BCUT2D eigenvalue weighted by Gasteiger charge is -2.15. The van der Waals surface area contributed by atoms with Crippen molar-refractivity contribution in [1.29, 1.82) is 0 Å². The summed E-state index contributed by atoms with van der Waals surface area (Å²) in [7, 11) is -2.25. The Hall–Kier alpha value is -3.14. The van der Waals surface area contributed by atoms with E-state index in [4.69, 9.17) is 19.7 Å². The van der Waals surface area contributed by atoms with Crippen molar-refractivity contribution in [3.8, 4) is 5.75 Å². The fourth-order valence-corrected chi connectivity index (χ4v) is 3.63. The van der Waals surface area contributed by atoms with E-state index in [0.717, 1.165) is 5.56 Å². The molecule has 0 bridgehead atoms. The fourth-order valence-electron chi connectivity index (χ4n) is 2.92. The quantitative estimate of drug-likeness (QED) is 0.237. The third kappa shape index (κ3) is 7.18. The number of carbonyl (C=O) groups excluding carboxylic acids is 1. The number of ether oxygens (including phenoxy) is 2. The van der Waals surface area contributed by atoms with E-state index in [1.807, 2.05) is 23.6 Å². The van der Waals surface area contributed by atoms with Gasteiger partial charge in [0, 0.05) is 18.4 Å². The van der Waals surface area contributed by atoms with Crippen LogP contribution in [0.3, 0.4) is 0 Å². The number of anilines is 1. The van der Waals surface area contributed by atoms with E-state index in [-0.39, 0.29) is 31.8 Å². The number of benzene rings is 1. The lowest BCUT2D eigenvalue weighted by atomic mass is 10.2. The summed E-state index contributed by atoms with van der Waals surface area (Å²) >= 11 is 0. The minimum absolute atomic E-state index is 0.170. The number of aromatic nitrogens is 4. The van der Waals surface area contributed by atoms with Crippen LogP contribution in [0.4, 0.5) is 5.82 Å². The van der Waals surface area contributed by atoms with Crippen LogP contribution in [-0.4, -0.2) is 44.7 Å². The average Bonchev–Trinajstić information content (AvgIpc) is 3.22. The highest BCUT2D eigenvalue weighted by Crippen LogP contribution is 2.28. The standard InChI is InChI=1S/C21H27N6O5P/c1-3-18(28)30-10-6-9-26-33(29)32-17-8-5-4-7-16(17)12-31-15(2)11-27-14-25-19-20(22)23-13-24-21(19)27/h4-5,7-8,13-15H,3,6,9-12H2,1-2H3,(H2,22,23,24)/t15-/m1/s1. The Bertz CT molecular complexity index is 1110. The van der Waals surface area contributed by atoms with Gasteiger partial charge in [-0.15, -0.1) is 0 Å². The third-order valence-corrected chi connectivity index (χ3v) is 5.41. The van der Waals surface area contributed by atoms with Crippen LogP contribution in [0.2, 0.25) is 0 Å². The van der Waals surface area contributed by atoms with Crippen LogP contribution in [-0.2, 0) is 27.4 Å². The zero-order chi connectivity index (χ0) is 23.6. The number of esters is 1. The van der Waals surface area contributed by atoms with Crippen molar-refractivity contribution in [3.63, 3.8) is 0 Å². The minimum atomic E-state index is -2.25. The van der Waals surface area contributed by atoms with Gasteiger partial charge in [-0.2, -0.15) is 0 Å². The van der Waals surface area contributed by atoms with Gasteiger partial charge in [-0.05, 0) is 13.0 Å². The molecule has 2 aromatic heterocycles. The molecule has 0 fully saturated rings. The van der Waals surface area contributed by atoms with Crippen LogP contribution in [0, 0.1) is 0 Å². The molecule has 0 amide bonds. The van der Waals surface area contributed by atoms with Gasteiger partial charge in [0.05, 0.1) is 38.7 Å². The summed E-state index contributed by atoms with van der Waals surface area (Å²) in [5.74, 6) is 0.512. The monoisotopic (exact) mass is 474 g/mol. The summed E-state index contributed by atoms with van der Waals surface area (Å²) in [5, 5.41) is 0. The summed E-state index contributed by atoms with van der Waals surface area (Å²) < 4.78 is 22.3. The Kier molecular flexibility index (Phi) is 9.05. The van der Waals surface area contributed by atoms with Gasteiger partial charge in [0.1, 0.15) is 11.8 Å². The summed E-state index contributed by atoms with van der Waals surface area (Å²) in [4.78, 5) is 35.7. The number of hydrogen-bond acceptors (Lipinski definition) is 10. The summed E-state index contributed by atoms with van der Waals surface area (Å²) in [6.45, 7) is 4.95. The molecule has 2 N–H and O–H groups in total. The van der Waals surface area contributed by atoms with Crippen LogP contribution >= 0.6 is 8.17 Å². The smallest absolute Gasteiger partial charge is 0.394 e. The van der Waals surface area contributed by atoms with E-state index < -0.39 is 8.17 Å². The van der Waals surface area contributed by atoms with Crippen LogP contribution in [0.15, 0.2) is 41.7 Å². The largest absolute Gasteiger partial charge is 0.575 e. The Morgan fingerprint density at radius 1 is 1.30 bits per heavy atom. The zero-order valence-corrected chi connectivity index (χ0v) is 19.5. The molecular weight excluding hydrogens is 447 g/mol. The second-order valence-electron chi connectivity index (χ2n) is 7.18. The predicted octanol–water partition coefficient (Wildman–Crippen LogP) is 2.59. The lowest BCUT2D eigenvalue weighted by molar-refractivity contribution is -0.168. The van der Waals surface area contributed by atoms with E-state index in [2.05, 4.69) is 19.7 Å². The van der Waals surface area contributed by atoms with Gasteiger partial charge in [-0.3, -0.25) is 9.32 Å². The van der Waals surface area contributed by atoms with Crippen LogP contribution < -0.4 is 15.2 Å². The molecule has 0 spiro atoms. The minimum Gasteiger partial charge on any atom is -0.575 e. The number of nitrogens with zero attached hydrogens (tertiary/aromatic N) is 5. The molecule has 0 saturated carbocycles. The molecule has 2 atom stereocenters. The molecule has 33 heavy (non-hydrogen) atoms. The van der Waals surface area contributed by atoms with Crippen LogP contribution in [0.1, 0.15) is 32.3 Å². The summed E-state index contributed by atoms with van der Waals surface area (Å²) in [5.41, 5.74) is 7.78. The molecule has 176 valence electrons. The van der Waals surface area contributed by atoms with Crippen molar-refractivity contribution < 1.29 is 23.7 Å². The summed E-state index contributed by atoms with van der Waals surface area (Å²) in [6.07, 6.45) is 3.70. The van der Waals surface area contributed by atoms with E-state index in [1.165, 1.54) is 6.33 Å². The van der Waals surface area contributed by atoms with Crippen molar-refractivity contribution in [2.75, 3.05) is 18.9 Å². The van der Waals surface area contributed by atoms with Gasteiger partial charge in [0.15, 0.2) is 17.2 Å². The van der Waals surface area contributed by atoms with E-state index in [9.17, 15) is 9.69 Å². The maximum atomic E-state index is 12.2. The van der Waals surface area contributed by atoms with Crippen LogP contribution in [0.25, 0.3) is 11.2 Å². The maximum Gasteiger partial charge on any atom is 0.394 e. The van der Waals surface area contributed by atoms with E-state index in [0.29, 0.717) is 42.1 Å². The van der Waals surface area contributed by atoms with Gasteiger partial charge in [0.25, 0.3) is 0 Å². The van der Waals surface area contributed by atoms with Crippen molar-refractivity contribution >= 4 is 31.1 Å². The van der Waals surface area contributed by atoms with Gasteiger partial charge >= 0.3 is 14.1 Å². The van der Waals surface area contributed by atoms with Gasteiger partial charge in [-0.1, -0.05) is 29.9 Å². The van der Waals surface area contributed by atoms with E-state index >= 15 is 0 Å². The normalized spacial score (nSPS) is 12.6. The number of nitrogens with two attached hydrogens (primary N) is 1. The first-order valence-corrected chi connectivity index (χ1v) is 11.7. The molecule has 1 aromatic carbocycles. The second-order valence-corrected chi connectivity index (χ2v) is 8.12. The number of rotatable bonds is 12. The number of imidazole rings is 1. The highest BCUT2D eigenvalue weighted by molar-refractivity contribution is 7.34. The Balaban J connectivity index is 1.52. The molecular formula is C21H27N6O5P. The number of para-hydroxylation sites is 1. The molecule has 3 aromatic rings. The molecule has 11 nitrogen and oxygen atoms in total. The molecule has 0 radical (unpaired) electrons. The number of carbonyl (C=O) groups is 1. The first-order valence-electron chi connectivity index (χ1n) is 10.6. The topological polar surface area (TPSA) is 150 Å². The Morgan fingerprint density at radius 3 is 2.94 bits per heavy atom. The first-order chi connectivity index (χ1) is 16.0. The fraction of sp³-hybridized carbons (Fsp3) is 0.429. The van der Waals surface area contributed by atoms with Gasteiger partial charge in [-0.25, -0.2) is 15.0 Å². The molecule has 12 heteroatoms. The van der Waals surface area contributed by atoms with Crippen molar-refractivity contribution in [2.24, 2.45) is 4.74 Å². The molecule has 1 unspecified atom stereocenters. The van der Waals surface area contributed by atoms with Crippen molar-refractivity contribution in [1.82, 2.24) is 19.5 Å². The second kappa shape index (κ2) is 12.2. The molecule has 0 saturated heterocycles. The molecule has 0 aliphatic heterocycles. The average molecular weight is 474 g/mol. The SMILES string of the molecule is CCC(=O)OCCCN=[P+]([O-])Oc1ccccc1CO[C@H](C)Cn1cnc2c(N)ncnc21. The molecule has 2 heterocycles. The van der Waals surface area contributed by atoms with Gasteiger partial charge < -0.3 is 24.7 Å². The molecule has 3 rings (SSSR count). The number of hydrogen-bond donors (Lipinski definition) is 1. The lowest BCUT2D eigenvalue weighted by Crippen LogP contribution is -2.16. The molecule has 0 aliphatic carbocycles. The Labute approximate surface area is 192 Å². The summed E-state index contributed by atoms with van der Waals surface area (Å²) in [6, 6.07) is 7.21. The highest BCUT2D eigenvalue weighted by atomic mass is 31.1.